The first-order valence-electron chi connectivity index (χ1n) is 6.30. The molecular weight excluding hydrogens is 216 g/mol. The molecule has 4 heteroatoms. The number of aromatic nitrogens is 1. The molecule has 1 rings (SSSR count). The molecule has 0 aliphatic carbocycles. The van der Waals surface area contributed by atoms with E-state index in [-0.39, 0.29) is 5.91 Å². The second-order valence-electron chi connectivity index (χ2n) is 4.54. The van der Waals surface area contributed by atoms with E-state index in [0.29, 0.717) is 24.9 Å². The topological polar surface area (TPSA) is 46.3 Å². The van der Waals surface area contributed by atoms with Crippen LogP contribution in [0.5, 0.6) is 0 Å². The third-order valence-electron chi connectivity index (χ3n) is 2.79. The van der Waals surface area contributed by atoms with Crippen LogP contribution in [0.15, 0.2) is 10.7 Å². The molecule has 1 aromatic heterocycles. The van der Waals surface area contributed by atoms with Crippen LogP contribution in [0, 0.1) is 12.8 Å². The zero-order valence-corrected chi connectivity index (χ0v) is 11.2. The number of nitrogens with zero attached hydrogens (tertiary/aromatic N) is 2. The monoisotopic (exact) mass is 238 g/mol. The number of hydrogen-bond donors (Lipinski definition) is 0. The van der Waals surface area contributed by atoms with Gasteiger partial charge in [-0.05, 0) is 19.3 Å². The van der Waals surface area contributed by atoms with Gasteiger partial charge >= 0.3 is 6.01 Å². The molecule has 0 radical (unpaired) electrons. The lowest BCUT2D eigenvalue weighted by Crippen LogP contribution is -2.34. The standard InChI is InChI=1S/C13H22N2O2/c1-5-7-12(16)15(8-10(3)6-2)13-14-11(4)9-17-13/h9-10H,5-8H2,1-4H3/t10-/m1/s1. The highest BCUT2D eigenvalue weighted by Gasteiger charge is 2.21. The van der Waals surface area contributed by atoms with Crippen LogP contribution in [0.4, 0.5) is 6.01 Å². The van der Waals surface area contributed by atoms with Crippen LogP contribution >= 0.6 is 0 Å². The average molecular weight is 238 g/mol. The number of hydrogen-bond acceptors (Lipinski definition) is 3. The minimum absolute atomic E-state index is 0.0923. The van der Waals surface area contributed by atoms with Crippen LogP contribution in [0.1, 0.15) is 45.7 Å². The predicted octanol–water partition coefficient (Wildman–Crippen LogP) is 3.16. The maximum atomic E-state index is 12.0. The predicted molar refractivity (Wildman–Crippen MR) is 68.0 cm³/mol. The Kier molecular flexibility index (Phi) is 5.19. The van der Waals surface area contributed by atoms with E-state index in [1.54, 1.807) is 11.2 Å². The van der Waals surface area contributed by atoms with Crippen molar-refractivity contribution in [3.05, 3.63) is 12.0 Å². The highest BCUT2D eigenvalue weighted by molar-refractivity contribution is 5.91. The maximum absolute atomic E-state index is 12.0. The zero-order valence-electron chi connectivity index (χ0n) is 11.2. The average Bonchev–Trinajstić information content (AvgIpc) is 2.72. The molecule has 17 heavy (non-hydrogen) atoms. The molecule has 0 aliphatic heterocycles. The van der Waals surface area contributed by atoms with Gasteiger partial charge in [-0.1, -0.05) is 27.2 Å². The van der Waals surface area contributed by atoms with Gasteiger partial charge in [0.1, 0.15) is 6.26 Å². The molecule has 0 aromatic carbocycles. The highest BCUT2D eigenvalue weighted by atomic mass is 16.4. The molecule has 4 nitrogen and oxygen atoms in total. The van der Waals surface area contributed by atoms with Gasteiger partial charge in [0.2, 0.25) is 5.91 Å². The van der Waals surface area contributed by atoms with E-state index in [9.17, 15) is 4.79 Å². The lowest BCUT2D eigenvalue weighted by Gasteiger charge is -2.21. The first kappa shape index (κ1) is 13.7. The van der Waals surface area contributed by atoms with E-state index in [2.05, 4.69) is 18.8 Å². The molecule has 0 N–H and O–H groups in total. The van der Waals surface area contributed by atoms with E-state index >= 15 is 0 Å². The number of oxazole rings is 1. The van der Waals surface area contributed by atoms with Crippen LogP contribution in [0.2, 0.25) is 0 Å². The molecule has 1 heterocycles. The van der Waals surface area contributed by atoms with E-state index in [1.165, 1.54) is 0 Å². The molecule has 0 unspecified atom stereocenters. The number of rotatable bonds is 6. The van der Waals surface area contributed by atoms with Gasteiger partial charge in [-0.3, -0.25) is 9.69 Å². The molecule has 0 fully saturated rings. The molecule has 1 atom stereocenters. The Bertz CT molecular complexity index is 360. The van der Waals surface area contributed by atoms with Crippen molar-refractivity contribution in [2.45, 2.75) is 47.0 Å². The van der Waals surface area contributed by atoms with Crippen LogP contribution in [0.3, 0.4) is 0 Å². The molecule has 0 bridgehead atoms. The largest absolute Gasteiger partial charge is 0.431 e. The molecule has 0 saturated heterocycles. The summed E-state index contributed by atoms with van der Waals surface area (Å²) in [6.07, 6.45) is 4.00. The summed E-state index contributed by atoms with van der Waals surface area (Å²) in [6, 6.07) is 0.432. The van der Waals surface area contributed by atoms with Crippen molar-refractivity contribution in [1.29, 1.82) is 0 Å². The second kappa shape index (κ2) is 6.42. The van der Waals surface area contributed by atoms with E-state index in [1.807, 2.05) is 13.8 Å². The number of aryl methyl sites for hydroxylation is 1. The quantitative estimate of drug-likeness (QED) is 0.764. The van der Waals surface area contributed by atoms with E-state index in [0.717, 1.165) is 18.5 Å². The highest BCUT2D eigenvalue weighted by Crippen LogP contribution is 2.17. The summed E-state index contributed by atoms with van der Waals surface area (Å²) in [4.78, 5) is 17.9. The Balaban J connectivity index is 2.82. The number of anilines is 1. The van der Waals surface area contributed by atoms with Gasteiger partial charge in [0.15, 0.2) is 0 Å². The van der Waals surface area contributed by atoms with Crippen molar-refractivity contribution in [1.82, 2.24) is 4.98 Å². The van der Waals surface area contributed by atoms with Crippen molar-refractivity contribution in [3.8, 4) is 0 Å². The Morgan fingerprint density at radius 1 is 1.53 bits per heavy atom. The fraction of sp³-hybridized carbons (Fsp3) is 0.692. The fourth-order valence-corrected chi connectivity index (χ4v) is 1.54. The van der Waals surface area contributed by atoms with E-state index < -0.39 is 0 Å². The van der Waals surface area contributed by atoms with Gasteiger partial charge in [0.05, 0.1) is 5.69 Å². The minimum atomic E-state index is 0.0923. The fourth-order valence-electron chi connectivity index (χ4n) is 1.54. The van der Waals surface area contributed by atoms with Gasteiger partial charge in [-0.2, -0.15) is 4.98 Å². The molecular formula is C13H22N2O2. The number of carbonyl (C=O) groups is 1. The van der Waals surface area contributed by atoms with Crippen molar-refractivity contribution in [2.24, 2.45) is 5.92 Å². The van der Waals surface area contributed by atoms with Gasteiger partial charge in [-0.15, -0.1) is 0 Å². The van der Waals surface area contributed by atoms with Crippen LogP contribution in [0.25, 0.3) is 0 Å². The van der Waals surface area contributed by atoms with Crippen LogP contribution in [-0.2, 0) is 4.79 Å². The maximum Gasteiger partial charge on any atom is 0.304 e. The van der Waals surface area contributed by atoms with Gasteiger partial charge in [0.25, 0.3) is 0 Å². The van der Waals surface area contributed by atoms with Gasteiger partial charge in [0, 0.05) is 13.0 Å². The Morgan fingerprint density at radius 3 is 2.71 bits per heavy atom. The van der Waals surface area contributed by atoms with Gasteiger partial charge in [-0.25, -0.2) is 0 Å². The number of amides is 1. The minimum Gasteiger partial charge on any atom is -0.431 e. The summed E-state index contributed by atoms with van der Waals surface area (Å²) in [5.74, 6) is 0.540. The summed E-state index contributed by atoms with van der Waals surface area (Å²) in [7, 11) is 0. The van der Waals surface area contributed by atoms with E-state index in [4.69, 9.17) is 4.42 Å². The van der Waals surface area contributed by atoms with Crippen molar-refractivity contribution < 1.29 is 9.21 Å². The molecule has 0 aliphatic rings. The molecule has 96 valence electrons. The second-order valence-corrected chi connectivity index (χ2v) is 4.54. The van der Waals surface area contributed by atoms with Crippen LogP contribution < -0.4 is 4.90 Å². The third-order valence-corrected chi connectivity index (χ3v) is 2.79. The first-order valence-corrected chi connectivity index (χ1v) is 6.30. The Hall–Kier alpha value is -1.32. The molecule has 0 saturated carbocycles. The summed E-state index contributed by atoms with van der Waals surface area (Å²) >= 11 is 0. The van der Waals surface area contributed by atoms with Crippen molar-refractivity contribution >= 4 is 11.9 Å². The van der Waals surface area contributed by atoms with Crippen molar-refractivity contribution in [2.75, 3.05) is 11.4 Å². The zero-order chi connectivity index (χ0) is 12.8. The Labute approximate surface area is 103 Å². The third kappa shape index (κ3) is 3.88. The SMILES string of the molecule is CCCC(=O)N(C[C@H](C)CC)c1nc(C)co1. The van der Waals surface area contributed by atoms with Crippen LogP contribution in [-0.4, -0.2) is 17.4 Å². The Morgan fingerprint density at radius 2 is 2.24 bits per heavy atom. The smallest absolute Gasteiger partial charge is 0.304 e. The normalized spacial score (nSPS) is 12.5. The van der Waals surface area contributed by atoms with Gasteiger partial charge < -0.3 is 4.42 Å². The summed E-state index contributed by atoms with van der Waals surface area (Å²) in [5.41, 5.74) is 0.804. The lowest BCUT2D eigenvalue weighted by molar-refractivity contribution is -0.119. The molecule has 0 spiro atoms. The molecule has 1 aromatic rings. The summed E-state index contributed by atoms with van der Waals surface area (Å²) in [5, 5.41) is 0. The summed E-state index contributed by atoms with van der Waals surface area (Å²) in [6.45, 7) is 8.78. The van der Waals surface area contributed by atoms with Crippen molar-refractivity contribution in [3.63, 3.8) is 0 Å². The first-order chi connectivity index (χ1) is 8.08. The summed E-state index contributed by atoms with van der Waals surface area (Å²) < 4.78 is 5.33. The molecule has 1 amide bonds. The number of carbonyl (C=O) groups excluding carboxylic acids is 1. The lowest BCUT2D eigenvalue weighted by atomic mass is 10.1.